The van der Waals surface area contributed by atoms with Gasteiger partial charge in [-0.25, -0.2) is 0 Å². The van der Waals surface area contributed by atoms with Crippen LogP contribution in [0, 0.1) is 0 Å². The van der Waals surface area contributed by atoms with E-state index in [1.807, 2.05) is 0 Å². The molecule has 1 N–H and O–H groups in total. The number of unbranched alkanes of at least 4 members (excludes halogenated alkanes) is 31. The number of hydrogen-bond acceptors (Lipinski definition) is 3. The Hall–Kier alpha value is -1.32. The summed E-state index contributed by atoms with van der Waals surface area (Å²) >= 11 is 0. The van der Waals surface area contributed by atoms with E-state index in [4.69, 9.17) is 9.84 Å². The van der Waals surface area contributed by atoms with Crippen LogP contribution in [-0.4, -0.2) is 23.1 Å². The summed E-state index contributed by atoms with van der Waals surface area (Å²) in [6, 6.07) is 0. The fourth-order valence-electron chi connectivity index (χ4n) is 7.12. The standard InChI is InChI=1S/C46H88O4/c1-3-5-7-9-11-13-15-16-17-18-19-20-21-22-23-24-26-28-30-35-39-43-46(49)50-44(41-37-33-31-34-38-42-45(47)48)40-36-32-29-27-25-14-12-10-8-6-4-2/h16-17,44H,3-15,18-43H2,1-2H3,(H,47,48)/b17-16-. The van der Waals surface area contributed by atoms with Gasteiger partial charge in [-0.1, -0.05) is 199 Å². The number of allylic oxidation sites excluding steroid dienone is 2. The van der Waals surface area contributed by atoms with E-state index in [1.165, 1.54) is 173 Å². The van der Waals surface area contributed by atoms with Gasteiger partial charge in [0.2, 0.25) is 0 Å². The predicted octanol–water partition coefficient (Wildman–Crippen LogP) is 15.8. The summed E-state index contributed by atoms with van der Waals surface area (Å²) in [5.41, 5.74) is 0. The van der Waals surface area contributed by atoms with E-state index in [0.29, 0.717) is 6.42 Å². The summed E-state index contributed by atoms with van der Waals surface area (Å²) in [5, 5.41) is 8.83. The molecule has 0 rings (SSSR count). The molecule has 0 fully saturated rings. The first kappa shape index (κ1) is 48.7. The lowest BCUT2D eigenvalue weighted by atomic mass is 10.0. The van der Waals surface area contributed by atoms with Crippen LogP contribution in [0.2, 0.25) is 0 Å². The highest BCUT2D eigenvalue weighted by atomic mass is 16.5. The highest BCUT2D eigenvalue weighted by Gasteiger charge is 2.14. The number of carbonyl (C=O) groups is 2. The van der Waals surface area contributed by atoms with Crippen molar-refractivity contribution in [1.82, 2.24) is 0 Å². The van der Waals surface area contributed by atoms with Crippen molar-refractivity contribution in [2.75, 3.05) is 0 Å². The van der Waals surface area contributed by atoms with E-state index >= 15 is 0 Å². The average molecular weight is 705 g/mol. The van der Waals surface area contributed by atoms with Crippen molar-refractivity contribution >= 4 is 11.9 Å². The number of carbonyl (C=O) groups excluding carboxylic acids is 1. The summed E-state index contributed by atoms with van der Waals surface area (Å²) < 4.78 is 6.03. The largest absolute Gasteiger partial charge is 0.481 e. The fourth-order valence-corrected chi connectivity index (χ4v) is 7.12. The number of rotatable bonds is 42. The van der Waals surface area contributed by atoms with Gasteiger partial charge in [0.15, 0.2) is 0 Å². The van der Waals surface area contributed by atoms with Crippen LogP contribution >= 0.6 is 0 Å². The van der Waals surface area contributed by atoms with Crippen LogP contribution in [0.25, 0.3) is 0 Å². The first-order chi connectivity index (χ1) is 24.6. The Morgan fingerprint density at radius 2 is 0.720 bits per heavy atom. The van der Waals surface area contributed by atoms with Crippen molar-refractivity contribution in [2.24, 2.45) is 0 Å². The lowest BCUT2D eigenvalue weighted by Crippen LogP contribution is -2.18. The monoisotopic (exact) mass is 705 g/mol. The Bertz CT molecular complexity index is 717. The maximum atomic E-state index is 12.7. The predicted molar refractivity (Wildman–Crippen MR) is 218 cm³/mol. The normalized spacial score (nSPS) is 12.2. The molecule has 0 radical (unpaired) electrons. The molecule has 0 aromatic heterocycles. The van der Waals surface area contributed by atoms with Crippen LogP contribution in [0.5, 0.6) is 0 Å². The molecule has 1 unspecified atom stereocenters. The van der Waals surface area contributed by atoms with Crippen LogP contribution in [0.4, 0.5) is 0 Å². The van der Waals surface area contributed by atoms with Crippen molar-refractivity contribution in [3.63, 3.8) is 0 Å². The minimum absolute atomic E-state index is 0.00725. The van der Waals surface area contributed by atoms with Gasteiger partial charge in [0.1, 0.15) is 6.10 Å². The van der Waals surface area contributed by atoms with Crippen LogP contribution in [0.1, 0.15) is 264 Å². The number of aliphatic carboxylic acids is 1. The molecule has 0 amide bonds. The maximum absolute atomic E-state index is 12.7. The Labute approximate surface area is 313 Å². The lowest BCUT2D eigenvalue weighted by molar-refractivity contribution is -0.150. The second-order valence-corrected chi connectivity index (χ2v) is 15.6. The lowest BCUT2D eigenvalue weighted by Gasteiger charge is -2.18. The Morgan fingerprint density at radius 1 is 0.420 bits per heavy atom. The van der Waals surface area contributed by atoms with Crippen LogP contribution in [0.3, 0.4) is 0 Å². The molecule has 0 spiro atoms. The van der Waals surface area contributed by atoms with E-state index in [2.05, 4.69) is 26.0 Å². The molecule has 0 aliphatic carbocycles. The minimum atomic E-state index is -0.697. The first-order valence-electron chi connectivity index (χ1n) is 22.7. The molecule has 50 heavy (non-hydrogen) atoms. The number of hydrogen-bond donors (Lipinski definition) is 1. The molecular weight excluding hydrogens is 617 g/mol. The molecular formula is C46H88O4. The topological polar surface area (TPSA) is 63.6 Å². The minimum Gasteiger partial charge on any atom is -0.481 e. The molecule has 0 heterocycles. The number of carboxylic acids is 1. The van der Waals surface area contributed by atoms with Crippen molar-refractivity contribution in [1.29, 1.82) is 0 Å². The summed E-state index contributed by atoms with van der Waals surface area (Å²) in [6.45, 7) is 4.56. The van der Waals surface area contributed by atoms with Gasteiger partial charge in [0, 0.05) is 12.8 Å². The van der Waals surface area contributed by atoms with E-state index in [9.17, 15) is 9.59 Å². The average Bonchev–Trinajstić information content (AvgIpc) is 3.10. The molecule has 0 bridgehead atoms. The van der Waals surface area contributed by atoms with Gasteiger partial charge >= 0.3 is 11.9 Å². The highest BCUT2D eigenvalue weighted by molar-refractivity contribution is 5.69. The number of carboxylic acid groups (broad SMARTS) is 1. The zero-order chi connectivity index (χ0) is 36.4. The Kier molecular flexibility index (Phi) is 41.0. The van der Waals surface area contributed by atoms with Gasteiger partial charge in [-0.05, 0) is 64.2 Å². The zero-order valence-electron chi connectivity index (χ0n) is 34.0. The van der Waals surface area contributed by atoms with Gasteiger partial charge in [0.05, 0.1) is 0 Å². The summed E-state index contributed by atoms with van der Waals surface area (Å²) in [5.74, 6) is -0.689. The second-order valence-electron chi connectivity index (χ2n) is 15.6. The van der Waals surface area contributed by atoms with Crippen molar-refractivity contribution in [3.8, 4) is 0 Å². The summed E-state index contributed by atoms with van der Waals surface area (Å²) in [6.07, 6.45) is 52.5. The molecule has 0 aliphatic rings. The molecule has 0 saturated heterocycles. The van der Waals surface area contributed by atoms with Crippen molar-refractivity contribution in [2.45, 2.75) is 270 Å². The molecule has 0 aliphatic heterocycles. The third-order valence-corrected chi connectivity index (χ3v) is 10.5. The van der Waals surface area contributed by atoms with E-state index in [0.717, 1.165) is 64.2 Å². The van der Waals surface area contributed by atoms with Gasteiger partial charge in [0.25, 0.3) is 0 Å². The van der Waals surface area contributed by atoms with E-state index in [1.54, 1.807) is 0 Å². The highest BCUT2D eigenvalue weighted by Crippen LogP contribution is 2.19. The fraction of sp³-hybridized carbons (Fsp3) is 0.913. The second kappa shape index (κ2) is 42.1. The molecule has 296 valence electrons. The first-order valence-corrected chi connectivity index (χ1v) is 22.7. The third kappa shape index (κ3) is 41.1. The number of esters is 1. The van der Waals surface area contributed by atoms with Gasteiger partial charge in [-0.2, -0.15) is 0 Å². The SMILES string of the molecule is CCCCCCCC/C=C\CCCCCCCCCCCCCC(=O)OC(CCCCCCCCCCCCC)CCCCCCCC(=O)O. The van der Waals surface area contributed by atoms with E-state index in [-0.39, 0.29) is 18.5 Å². The molecule has 0 aromatic rings. The molecule has 4 nitrogen and oxygen atoms in total. The maximum Gasteiger partial charge on any atom is 0.306 e. The van der Waals surface area contributed by atoms with Gasteiger partial charge in [-0.3, -0.25) is 9.59 Å². The Balaban J connectivity index is 3.87. The van der Waals surface area contributed by atoms with Crippen molar-refractivity contribution in [3.05, 3.63) is 12.2 Å². The summed E-state index contributed by atoms with van der Waals surface area (Å²) in [4.78, 5) is 23.4. The molecule has 4 heteroatoms. The molecule has 0 saturated carbocycles. The Morgan fingerprint density at radius 3 is 1.08 bits per heavy atom. The summed E-state index contributed by atoms with van der Waals surface area (Å²) in [7, 11) is 0. The van der Waals surface area contributed by atoms with Crippen molar-refractivity contribution < 1.29 is 19.4 Å². The van der Waals surface area contributed by atoms with Crippen LogP contribution in [-0.2, 0) is 14.3 Å². The van der Waals surface area contributed by atoms with Crippen LogP contribution in [0.15, 0.2) is 12.2 Å². The smallest absolute Gasteiger partial charge is 0.306 e. The molecule has 1 atom stereocenters. The number of ether oxygens (including phenoxy) is 1. The van der Waals surface area contributed by atoms with Gasteiger partial charge < -0.3 is 9.84 Å². The van der Waals surface area contributed by atoms with Gasteiger partial charge in [-0.15, -0.1) is 0 Å². The quantitative estimate of drug-likeness (QED) is 0.0390. The zero-order valence-corrected chi connectivity index (χ0v) is 34.0. The van der Waals surface area contributed by atoms with E-state index < -0.39 is 5.97 Å². The van der Waals surface area contributed by atoms with Crippen LogP contribution < -0.4 is 0 Å². The molecule has 0 aromatic carbocycles. The third-order valence-electron chi connectivity index (χ3n) is 10.5.